The Bertz CT molecular complexity index is 649. The number of benzene rings is 1. The molecule has 5 nitrogen and oxygen atoms in total. The number of nitrogens with one attached hydrogen (secondary N) is 1. The SMILES string of the molecule is Cc1cnc(Nc2ccc(F)c(Cl)c2)cc1[N+](=O)[O-]. The maximum Gasteiger partial charge on any atom is 0.277 e. The van der Waals surface area contributed by atoms with E-state index >= 15 is 0 Å². The van der Waals surface area contributed by atoms with Gasteiger partial charge in [-0.1, -0.05) is 11.6 Å². The molecule has 0 fully saturated rings. The zero-order valence-corrected chi connectivity index (χ0v) is 10.6. The van der Waals surface area contributed by atoms with Gasteiger partial charge in [0.05, 0.1) is 16.0 Å². The second kappa shape index (κ2) is 5.19. The molecule has 1 N–H and O–H groups in total. The van der Waals surface area contributed by atoms with E-state index in [9.17, 15) is 14.5 Å². The molecule has 2 aromatic rings. The van der Waals surface area contributed by atoms with Crippen molar-refractivity contribution in [3.63, 3.8) is 0 Å². The molecule has 98 valence electrons. The van der Waals surface area contributed by atoms with Gasteiger partial charge in [0, 0.05) is 17.4 Å². The van der Waals surface area contributed by atoms with Gasteiger partial charge >= 0.3 is 0 Å². The van der Waals surface area contributed by atoms with Crippen molar-refractivity contribution in [2.24, 2.45) is 0 Å². The van der Waals surface area contributed by atoms with Crippen LogP contribution in [0.4, 0.5) is 21.6 Å². The summed E-state index contributed by atoms with van der Waals surface area (Å²) in [6, 6.07) is 5.36. The molecule has 0 spiro atoms. The van der Waals surface area contributed by atoms with Crippen molar-refractivity contribution in [1.82, 2.24) is 4.98 Å². The Morgan fingerprint density at radius 3 is 2.79 bits per heavy atom. The van der Waals surface area contributed by atoms with Crippen LogP contribution >= 0.6 is 11.6 Å². The van der Waals surface area contributed by atoms with Crippen LogP contribution in [0.25, 0.3) is 0 Å². The highest BCUT2D eigenvalue weighted by atomic mass is 35.5. The summed E-state index contributed by atoms with van der Waals surface area (Å²) in [5, 5.41) is 13.6. The first-order valence-corrected chi connectivity index (χ1v) is 5.68. The van der Waals surface area contributed by atoms with E-state index in [0.717, 1.165) is 0 Å². The Morgan fingerprint density at radius 1 is 1.42 bits per heavy atom. The molecule has 0 aliphatic heterocycles. The van der Waals surface area contributed by atoms with Gasteiger partial charge in [-0.05, 0) is 25.1 Å². The molecule has 0 unspecified atom stereocenters. The van der Waals surface area contributed by atoms with Crippen LogP contribution in [-0.4, -0.2) is 9.91 Å². The van der Waals surface area contributed by atoms with Crippen LogP contribution < -0.4 is 5.32 Å². The normalized spacial score (nSPS) is 10.3. The Morgan fingerprint density at radius 2 is 2.16 bits per heavy atom. The summed E-state index contributed by atoms with van der Waals surface area (Å²) >= 11 is 5.64. The number of rotatable bonds is 3. The van der Waals surface area contributed by atoms with Crippen LogP contribution in [0.3, 0.4) is 0 Å². The predicted octanol–water partition coefficient (Wildman–Crippen LogP) is 3.83. The van der Waals surface area contributed by atoms with Gasteiger partial charge in [0.2, 0.25) is 0 Å². The third-order valence-corrected chi connectivity index (χ3v) is 2.75. The number of aryl methyl sites for hydroxylation is 1. The molecule has 0 aliphatic rings. The van der Waals surface area contributed by atoms with E-state index in [-0.39, 0.29) is 10.7 Å². The zero-order chi connectivity index (χ0) is 14.0. The topological polar surface area (TPSA) is 68.1 Å². The summed E-state index contributed by atoms with van der Waals surface area (Å²) in [6.07, 6.45) is 1.39. The average Bonchev–Trinajstić information content (AvgIpc) is 2.36. The molecule has 0 bridgehead atoms. The smallest absolute Gasteiger partial charge is 0.277 e. The van der Waals surface area contributed by atoms with Gasteiger partial charge < -0.3 is 5.32 Å². The monoisotopic (exact) mass is 281 g/mol. The Hall–Kier alpha value is -2.21. The molecular weight excluding hydrogens is 273 g/mol. The van der Waals surface area contributed by atoms with Crippen molar-refractivity contribution in [2.45, 2.75) is 6.92 Å². The van der Waals surface area contributed by atoms with Gasteiger partial charge in [-0.15, -0.1) is 0 Å². The van der Waals surface area contributed by atoms with Gasteiger partial charge in [0.25, 0.3) is 5.69 Å². The van der Waals surface area contributed by atoms with Crippen LogP contribution in [0.2, 0.25) is 5.02 Å². The van der Waals surface area contributed by atoms with E-state index in [4.69, 9.17) is 11.6 Å². The predicted molar refractivity (Wildman–Crippen MR) is 70.3 cm³/mol. The van der Waals surface area contributed by atoms with Crippen molar-refractivity contribution < 1.29 is 9.31 Å². The van der Waals surface area contributed by atoms with Crippen LogP contribution in [-0.2, 0) is 0 Å². The van der Waals surface area contributed by atoms with E-state index in [1.54, 1.807) is 6.92 Å². The van der Waals surface area contributed by atoms with Gasteiger partial charge in [-0.3, -0.25) is 10.1 Å². The first-order chi connectivity index (χ1) is 8.97. The first kappa shape index (κ1) is 13.2. The zero-order valence-electron chi connectivity index (χ0n) is 9.85. The van der Waals surface area contributed by atoms with Crippen molar-refractivity contribution in [2.75, 3.05) is 5.32 Å². The van der Waals surface area contributed by atoms with Crippen LogP contribution in [0.1, 0.15) is 5.56 Å². The Balaban J connectivity index is 2.30. The minimum atomic E-state index is -0.532. The number of pyridine rings is 1. The van der Waals surface area contributed by atoms with Crippen molar-refractivity contribution in [3.05, 3.63) is 57.0 Å². The fraction of sp³-hybridized carbons (Fsp3) is 0.0833. The average molecular weight is 282 g/mol. The minimum absolute atomic E-state index is 0.0355. The summed E-state index contributed by atoms with van der Waals surface area (Å²) in [4.78, 5) is 14.3. The van der Waals surface area contributed by atoms with Crippen LogP contribution in [0, 0.1) is 22.9 Å². The quantitative estimate of drug-likeness (QED) is 0.685. The first-order valence-electron chi connectivity index (χ1n) is 5.30. The number of hydrogen-bond donors (Lipinski definition) is 1. The molecule has 1 heterocycles. The molecule has 1 aromatic carbocycles. The van der Waals surface area contributed by atoms with E-state index < -0.39 is 10.7 Å². The van der Waals surface area contributed by atoms with Crippen LogP contribution in [0.5, 0.6) is 0 Å². The molecule has 0 saturated carbocycles. The molecule has 0 atom stereocenters. The molecule has 0 saturated heterocycles. The van der Waals surface area contributed by atoms with Gasteiger partial charge in [0.1, 0.15) is 11.6 Å². The van der Waals surface area contributed by atoms with Crippen LogP contribution in [0.15, 0.2) is 30.5 Å². The highest BCUT2D eigenvalue weighted by Crippen LogP contribution is 2.25. The molecule has 19 heavy (non-hydrogen) atoms. The van der Waals surface area contributed by atoms with Crippen molar-refractivity contribution in [3.8, 4) is 0 Å². The molecule has 7 heteroatoms. The lowest BCUT2D eigenvalue weighted by Crippen LogP contribution is -1.98. The Labute approximate surface area is 113 Å². The molecule has 1 aromatic heterocycles. The number of aromatic nitrogens is 1. The lowest BCUT2D eigenvalue weighted by atomic mass is 10.2. The third kappa shape index (κ3) is 2.97. The summed E-state index contributed by atoms with van der Waals surface area (Å²) in [6.45, 7) is 1.60. The van der Waals surface area contributed by atoms with Gasteiger partial charge in [-0.25, -0.2) is 9.37 Å². The van der Waals surface area contributed by atoms with E-state index in [2.05, 4.69) is 10.3 Å². The second-order valence-electron chi connectivity index (χ2n) is 3.87. The highest BCUT2D eigenvalue weighted by Gasteiger charge is 2.12. The van der Waals surface area contributed by atoms with Crippen molar-refractivity contribution >= 4 is 28.8 Å². The second-order valence-corrected chi connectivity index (χ2v) is 4.27. The van der Waals surface area contributed by atoms with E-state index in [1.165, 1.54) is 30.5 Å². The maximum absolute atomic E-state index is 13.0. The lowest BCUT2D eigenvalue weighted by molar-refractivity contribution is -0.385. The molecule has 0 aliphatic carbocycles. The molecule has 0 radical (unpaired) electrons. The standard InChI is InChI=1S/C12H9ClFN3O2/c1-7-6-15-12(5-11(7)17(18)19)16-8-2-3-10(14)9(13)4-8/h2-6H,1H3,(H,15,16). The number of hydrogen-bond acceptors (Lipinski definition) is 4. The third-order valence-electron chi connectivity index (χ3n) is 2.46. The molecule has 2 rings (SSSR count). The summed E-state index contributed by atoms with van der Waals surface area (Å²) < 4.78 is 13.0. The van der Waals surface area contributed by atoms with Gasteiger partial charge in [-0.2, -0.15) is 0 Å². The van der Waals surface area contributed by atoms with E-state index in [0.29, 0.717) is 17.1 Å². The largest absolute Gasteiger partial charge is 0.340 e. The summed E-state index contributed by atoms with van der Waals surface area (Å²) in [5.74, 6) is -0.241. The summed E-state index contributed by atoms with van der Waals surface area (Å²) in [5.41, 5.74) is 0.926. The van der Waals surface area contributed by atoms with Crippen molar-refractivity contribution in [1.29, 1.82) is 0 Å². The number of anilines is 2. The molecule has 0 amide bonds. The Kier molecular flexibility index (Phi) is 3.62. The number of nitro groups is 1. The number of halogens is 2. The molecular formula is C12H9ClFN3O2. The van der Waals surface area contributed by atoms with Gasteiger partial charge in [0.15, 0.2) is 0 Å². The fourth-order valence-electron chi connectivity index (χ4n) is 1.50. The fourth-order valence-corrected chi connectivity index (χ4v) is 1.68. The minimum Gasteiger partial charge on any atom is -0.340 e. The summed E-state index contributed by atoms with van der Waals surface area (Å²) in [7, 11) is 0. The maximum atomic E-state index is 13.0. The lowest BCUT2D eigenvalue weighted by Gasteiger charge is -2.07. The highest BCUT2D eigenvalue weighted by molar-refractivity contribution is 6.31. The van der Waals surface area contributed by atoms with E-state index in [1.807, 2.05) is 0 Å². The number of nitrogens with zero attached hydrogens (tertiary/aromatic N) is 2.